The van der Waals surface area contributed by atoms with Crippen molar-refractivity contribution in [3.63, 3.8) is 0 Å². The molecule has 1 saturated heterocycles. The molecule has 2 aliphatic carbocycles. The van der Waals surface area contributed by atoms with E-state index in [-0.39, 0.29) is 17.8 Å². The molecule has 2 bridgehead atoms. The number of esters is 3. The Kier molecular flexibility index (Phi) is 6.45. The lowest BCUT2D eigenvalue weighted by Gasteiger charge is -2.42. The van der Waals surface area contributed by atoms with Gasteiger partial charge < -0.3 is 19.3 Å². The third-order valence-corrected chi connectivity index (χ3v) is 7.10. The Labute approximate surface area is 193 Å². The molecule has 0 aromatic rings. The minimum Gasteiger partial charge on any atom is -0.457 e. The zero-order chi connectivity index (χ0) is 24.9. The zero-order valence-corrected chi connectivity index (χ0v) is 19.9. The van der Waals surface area contributed by atoms with Crippen molar-refractivity contribution in [2.24, 2.45) is 23.2 Å². The third-order valence-electron chi connectivity index (χ3n) is 7.10. The lowest BCUT2D eigenvalue weighted by molar-refractivity contribution is -0.190. The van der Waals surface area contributed by atoms with Gasteiger partial charge in [0.2, 0.25) is 0 Å². The summed E-state index contributed by atoms with van der Waals surface area (Å²) in [4.78, 5) is 51.4. The van der Waals surface area contributed by atoms with Crippen molar-refractivity contribution in [1.82, 2.24) is 0 Å². The molecule has 1 aliphatic heterocycles. The van der Waals surface area contributed by atoms with E-state index >= 15 is 0 Å². The zero-order valence-electron chi connectivity index (χ0n) is 19.9. The molecule has 7 atom stereocenters. The van der Waals surface area contributed by atoms with Crippen LogP contribution >= 0.6 is 0 Å². The maximum absolute atomic E-state index is 13.2. The quantitative estimate of drug-likeness (QED) is 0.378. The van der Waals surface area contributed by atoms with Gasteiger partial charge in [-0.2, -0.15) is 0 Å². The number of carbonyl (C=O) groups is 4. The van der Waals surface area contributed by atoms with E-state index in [1.165, 1.54) is 19.9 Å². The molecular weight excluding hydrogens is 428 g/mol. The second-order valence-electron chi connectivity index (χ2n) is 10.1. The highest BCUT2D eigenvalue weighted by atomic mass is 16.6. The predicted molar refractivity (Wildman–Crippen MR) is 118 cm³/mol. The third kappa shape index (κ3) is 4.28. The Morgan fingerprint density at radius 2 is 1.94 bits per heavy atom. The van der Waals surface area contributed by atoms with Gasteiger partial charge in [0.15, 0.2) is 5.78 Å². The van der Waals surface area contributed by atoms with Gasteiger partial charge in [-0.15, -0.1) is 0 Å². The van der Waals surface area contributed by atoms with E-state index < -0.39 is 65.0 Å². The monoisotopic (exact) mass is 460 g/mol. The van der Waals surface area contributed by atoms with Crippen molar-refractivity contribution in [1.29, 1.82) is 0 Å². The molecule has 1 saturated carbocycles. The molecule has 0 radical (unpaired) electrons. The van der Waals surface area contributed by atoms with Gasteiger partial charge in [0.05, 0.1) is 23.4 Å². The van der Waals surface area contributed by atoms with Crippen LogP contribution in [0.5, 0.6) is 0 Å². The molecule has 8 heteroatoms. The first-order valence-corrected chi connectivity index (χ1v) is 11.1. The van der Waals surface area contributed by atoms with Crippen LogP contribution < -0.4 is 0 Å². The van der Waals surface area contributed by atoms with Gasteiger partial charge >= 0.3 is 17.9 Å². The Balaban J connectivity index is 2.14. The summed E-state index contributed by atoms with van der Waals surface area (Å²) in [6.45, 7) is 13.6. The number of ether oxygens (including phenoxy) is 3. The first-order chi connectivity index (χ1) is 15.2. The fourth-order valence-electron chi connectivity index (χ4n) is 5.14. The number of rotatable bonds is 5. The van der Waals surface area contributed by atoms with Gasteiger partial charge in [-0.3, -0.25) is 9.59 Å². The molecule has 33 heavy (non-hydrogen) atoms. The summed E-state index contributed by atoms with van der Waals surface area (Å²) < 4.78 is 17.3. The van der Waals surface area contributed by atoms with Crippen molar-refractivity contribution in [3.8, 4) is 0 Å². The maximum Gasteiger partial charge on any atom is 0.334 e. The number of allylic oxidation sites excluding steroid dienone is 3. The summed E-state index contributed by atoms with van der Waals surface area (Å²) in [6, 6.07) is 0. The number of ketones is 1. The second kappa shape index (κ2) is 8.56. The maximum atomic E-state index is 13.2. The summed E-state index contributed by atoms with van der Waals surface area (Å²) in [6.07, 6.45) is 1.45. The average Bonchev–Trinajstić information content (AvgIpc) is 2.99. The number of fused-ring (bicyclic) bond motifs is 3. The fourth-order valence-corrected chi connectivity index (χ4v) is 5.14. The van der Waals surface area contributed by atoms with Crippen molar-refractivity contribution < 1.29 is 38.5 Å². The van der Waals surface area contributed by atoms with E-state index in [2.05, 4.69) is 6.58 Å². The molecule has 3 aliphatic rings. The van der Waals surface area contributed by atoms with E-state index in [0.29, 0.717) is 5.57 Å². The summed E-state index contributed by atoms with van der Waals surface area (Å²) >= 11 is 0. The van der Waals surface area contributed by atoms with Gasteiger partial charge in [0, 0.05) is 17.1 Å². The van der Waals surface area contributed by atoms with Crippen LogP contribution in [-0.2, 0) is 33.4 Å². The summed E-state index contributed by atoms with van der Waals surface area (Å²) in [5.41, 5.74) is -2.22. The number of aliphatic hydroxyl groups is 1. The molecule has 1 N–H and O–H groups in total. The SMILES string of the molecule is C=C1C(=O)OC2C(C)C3C=CC(=O)C3(C)C(OC(=O)C(C)=CC)C1C2OC(=O)CC(C)(C)O. The number of hydrogen-bond donors (Lipinski definition) is 1. The Morgan fingerprint density at radius 1 is 1.30 bits per heavy atom. The first-order valence-electron chi connectivity index (χ1n) is 11.1. The number of carbonyl (C=O) groups excluding carboxylic acids is 4. The molecule has 180 valence electrons. The molecule has 8 nitrogen and oxygen atoms in total. The van der Waals surface area contributed by atoms with Crippen LogP contribution in [0.2, 0.25) is 0 Å². The van der Waals surface area contributed by atoms with Gasteiger partial charge in [-0.1, -0.05) is 25.7 Å². The van der Waals surface area contributed by atoms with Crippen LogP contribution in [0.25, 0.3) is 0 Å². The minimum absolute atomic E-state index is 0.0305. The molecule has 2 fully saturated rings. The summed E-state index contributed by atoms with van der Waals surface area (Å²) in [5, 5.41) is 10.1. The van der Waals surface area contributed by atoms with E-state index in [1.54, 1.807) is 32.9 Å². The topological polar surface area (TPSA) is 116 Å². The Bertz CT molecular complexity index is 952. The Morgan fingerprint density at radius 3 is 2.52 bits per heavy atom. The van der Waals surface area contributed by atoms with Gasteiger partial charge in [-0.05, 0) is 46.6 Å². The lowest BCUT2D eigenvalue weighted by atomic mass is 9.67. The standard InChI is InChI=1S/C25H32O8/c1-8-12(2)22(28)33-21-18-14(4)23(29)32-19(20(18)31-17(27)11-24(5,6)30)13(3)15-9-10-16(26)25(15,21)7/h8-10,13,15,18-21,30H,4,11H2,1-3,5-7H3. The number of hydrogen-bond acceptors (Lipinski definition) is 8. The van der Waals surface area contributed by atoms with Gasteiger partial charge in [0.1, 0.15) is 18.3 Å². The second-order valence-corrected chi connectivity index (χ2v) is 10.1. The molecular formula is C25H32O8. The Hall–Kier alpha value is -2.74. The molecule has 7 unspecified atom stereocenters. The first kappa shape index (κ1) is 24.9. The smallest absolute Gasteiger partial charge is 0.334 e. The van der Waals surface area contributed by atoms with Crippen molar-refractivity contribution in [3.05, 3.63) is 36.0 Å². The largest absolute Gasteiger partial charge is 0.457 e. The van der Waals surface area contributed by atoms with E-state index in [0.717, 1.165) is 0 Å². The van der Waals surface area contributed by atoms with Crippen LogP contribution in [0.4, 0.5) is 0 Å². The normalized spacial score (nSPS) is 36.1. The summed E-state index contributed by atoms with van der Waals surface area (Å²) in [5.74, 6) is -4.12. The van der Waals surface area contributed by atoms with Gasteiger partial charge in [0.25, 0.3) is 0 Å². The van der Waals surface area contributed by atoms with E-state index in [4.69, 9.17) is 14.2 Å². The lowest BCUT2D eigenvalue weighted by Crippen LogP contribution is -2.55. The van der Waals surface area contributed by atoms with Crippen molar-refractivity contribution in [2.45, 2.75) is 71.9 Å². The van der Waals surface area contributed by atoms with Crippen molar-refractivity contribution in [2.75, 3.05) is 0 Å². The summed E-state index contributed by atoms with van der Waals surface area (Å²) in [7, 11) is 0. The molecule has 0 aromatic carbocycles. The van der Waals surface area contributed by atoms with Crippen LogP contribution in [0.1, 0.15) is 48.0 Å². The van der Waals surface area contributed by atoms with E-state index in [9.17, 15) is 24.3 Å². The van der Waals surface area contributed by atoms with E-state index in [1.807, 2.05) is 6.92 Å². The van der Waals surface area contributed by atoms with Gasteiger partial charge in [-0.25, -0.2) is 9.59 Å². The molecule has 1 heterocycles. The highest BCUT2D eigenvalue weighted by molar-refractivity contribution is 5.99. The highest BCUT2D eigenvalue weighted by Crippen LogP contribution is 2.55. The molecule has 0 spiro atoms. The fraction of sp³-hybridized carbons (Fsp3) is 0.600. The molecule has 0 aromatic heterocycles. The average molecular weight is 461 g/mol. The van der Waals surface area contributed by atoms with Crippen LogP contribution in [0, 0.1) is 23.2 Å². The minimum atomic E-state index is -1.31. The molecule has 0 amide bonds. The van der Waals surface area contributed by atoms with Crippen LogP contribution in [0.3, 0.4) is 0 Å². The van der Waals surface area contributed by atoms with Crippen LogP contribution in [0.15, 0.2) is 36.0 Å². The van der Waals surface area contributed by atoms with Crippen molar-refractivity contribution >= 4 is 23.7 Å². The molecule has 3 rings (SSSR count). The predicted octanol–water partition coefficient (Wildman–Crippen LogP) is 2.45. The highest BCUT2D eigenvalue weighted by Gasteiger charge is 2.65. The van der Waals surface area contributed by atoms with Crippen LogP contribution in [-0.4, -0.2) is 52.7 Å².